The predicted octanol–water partition coefficient (Wildman–Crippen LogP) is 8.53. The van der Waals surface area contributed by atoms with Crippen LogP contribution in [0.2, 0.25) is 0 Å². The molecular formula is C29H33IO. The van der Waals surface area contributed by atoms with E-state index in [4.69, 9.17) is 4.74 Å². The van der Waals surface area contributed by atoms with Gasteiger partial charge in [0.2, 0.25) is 0 Å². The van der Waals surface area contributed by atoms with Gasteiger partial charge in [-0.15, -0.1) is 0 Å². The molecule has 162 valence electrons. The number of halogens is 1. The van der Waals surface area contributed by atoms with E-state index in [1.807, 2.05) is 0 Å². The smallest absolute Gasteiger partial charge is 0.144 e. The standard InChI is InChI=1S/C29H33IO/c1-4-21-28(2,3)23-27(20-22-30)31-29(24-14-8-5-9-15-24,25-16-10-6-11-17-25)26-18-12-7-13-19-26/h5-20,22,27H,4,21,23H2,1-3H3. The molecule has 0 saturated heterocycles. The molecule has 31 heavy (non-hydrogen) atoms. The SMILES string of the molecule is CCCC(C)(C)CC(C=CI)OC(c1ccccc1)(c1ccccc1)c1ccccc1. The van der Waals surface area contributed by atoms with E-state index in [-0.39, 0.29) is 11.5 Å². The first-order valence-corrected chi connectivity index (χ1v) is 12.4. The van der Waals surface area contributed by atoms with Gasteiger partial charge in [-0.1, -0.05) is 141 Å². The maximum atomic E-state index is 7.23. The van der Waals surface area contributed by atoms with Gasteiger partial charge in [0.05, 0.1) is 6.10 Å². The Morgan fingerprint density at radius 1 is 0.774 bits per heavy atom. The summed E-state index contributed by atoms with van der Waals surface area (Å²) in [6.07, 6.45) is 5.51. The highest BCUT2D eigenvalue weighted by atomic mass is 127. The van der Waals surface area contributed by atoms with Gasteiger partial charge >= 0.3 is 0 Å². The van der Waals surface area contributed by atoms with Gasteiger partial charge in [-0.05, 0) is 45.1 Å². The Kier molecular flexibility index (Phi) is 8.50. The summed E-state index contributed by atoms with van der Waals surface area (Å²) in [7, 11) is 0. The van der Waals surface area contributed by atoms with Crippen molar-refractivity contribution in [3.63, 3.8) is 0 Å². The third-order valence-corrected chi connectivity index (χ3v) is 6.25. The highest BCUT2D eigenvalue weighted by Crippen LogP contribution is 2.43. The Morgan fingerprint density at radius 3 is 1.55 bits per heavy atom. The first-order valence-electron chi connectivity index (χ1n) is 11.1. The van der Waals surface area contributed by atoms with Crippen molar-refractivity contribution in [2.24, 2.45) is 5.41 Å². The maximum Gasteiger partial charge on any atom is 0.144 e. The average Bonchev–Trinajstić information content (AvgIpc) is 2.79. The quantitative estimate of drug-likeness (QED) is 0.191. The molecule has 3 rings (SSSR count). The lowest BCUT2D eigenvalue weighted by molar-refractivity contribution is -0.0421. The molecule has 3 aromatic rings. The lowest BCUT2D eigenvalue weighted by Crippen LogP contribution is -2.38. The van der Waals surface area contributed by atoms with Gasteiger partial charge in [0, 0.05) is 0 Å². The largest absolute Gasteiger partial charge is 0.353 e. The van der Waals surface area contributed by atoms with Gasteiger partial charge in [0.1, 0.15) is 5.60 Å². The molecule has 0 aliphatic carbocycles. The summed E-state index contributed by atoms with van der Waals surface area (Å²) in [6.45, 7) is 6.96. The molecule has 0 saturated carbocycles. The van der Waals surface area contributed by atoms with Crippen LogP contribution in [0, 0.1) is 5.41 Å². The van der Waals surface area contributed by atoms with Gasteiger partial charge in [0.15, 0.2) is 0 Å². The number of rotatable bonds is 10. The van der Waals surface area contributed by atoms with Gasteiger partial charge in [-0.25, -0.2) is 0 Å². The molecule has 1 atom stereocenters. The van der Waals surface area contributed by atoms with Crippen LogP contribution in [-0.4, -0.2) is 6.10 Å². The van der Waals surface area contributed by atoms with Crippen molar-refractivity contribution in [1.29, 1.82) is 0 Å². The summed E-state index contributed by atoms with van der Waals surface area (Å²) in [6, 6.07) is 31.9. The van der Waals surface area contributed by atoms with E-state index < -0.39 is 5.60 Å². The van der Waals surface area contributed by atoms with E-state index in [0.29, 0.717) is 0 Å². The van der Waals surface area contributed by atoms with E-state index in [9.17, 15) is 0 Å². The summed E-state index contributed by atoms with van der Waals surface area (Å²) >= 11 is 2.31. The van der Waals surface area contributed by atoms with Gasteiger partial charge in [-0.3, -0.25) is 0 Å². The van der Waals surface area contributed by atoms with Crippen LogP contribution in [0.15, 0.2) is 101 Å². The predicted molar refractivity (Wildman–Crippen MR) is 141 cm³/mol. The fraction of sp³-hybridized carbons (Fsp3) is 0.310. The van der Waals surface area contributed by atoms with Crippen molar-refractivity contribution < 1.29 is 4.74 Å². The molecule has 0 bridgehead atoms. The molecule has 0 spiro atoms. The number of benzene rings is 3. The molecular weight excluding hydrogens is 491 g/mol. The Bertz CT molecular complexity index is 836. The van der Waals surface area contributed by atoms with Crippen LogP contribution in [0.5, 0.6) is 0 Å². The van der Waals surface area contributed by atoms with E-state index in [0.717, 1.165) is 23.1 Å². The van der Waals surface area contributed by atoms with Crippen LogP contribution in [0.3, 0.4) is 0 Å². The molecule has 0 amide bonds. The number of ether oxygens (including phenoxy) is 1. The summed E-state index contributed by atoms with van der Waals surface area (Å²) < 4.78 is 9.32. The lowest BCUT2D eigenvalue weighted by Gasteiger charge is -2.40. The second-order valence-electron chi connectivity index (χ2n) is 8.87. The molecule has 0 aliphatic heterocycles. The lowest BCUT2D eigenvalue weighted by atomic mass is 9.78. The van der Waals surface area contributed by atoms with Crippen LogP contribution in [0.25, 0.3) is 0 Å². The summed E-state index contributed by atoms with van der Waals surface area (Å²) in [5.41, 5.74) is 2.95. The summed E-state index contributed by atoms with van der Waals surface area (Å²) in [5, 5.41) is 0. The molecule has 2 heteroatoms. The average molecular weight is 524 g/mol. The second-order valence-corrected chi connectivity index (χ2v) is 9.59. The zero-order valence-corrected chi connectivity index (χ0v) is 21.0. The van der Waals surface area contributed by atoms with Gasteiger partial charge in [0.25, 0.3) is 0 Å². The Labute approximate surface area is 201 Å². The minimum atomic E-state index is -0.688. The second kappa shape index (κ2) is 11.1. The van der Waals surface area contributed by atoms with Crippen molar-refractivity contribution >= 4 is 22.6 Å². The van der Waals surface area contributed by atoms with Crippen molar-refractivity contribution in [2.75, 3.05) is 0 Å². The molecule has 0 radical (unpaired) electrons. The van der Waals surface area contributed by atoms with E-state index >= 15 is 0 Å². The van der Waals surface area contributed by atoms with Gasteiger partial charge in [-0.2, -0.15) is 0 Å². The Hall–Kier alpha value is -1.91. The molecule has 1 nitrogen and oxygen atoms in total. The third kappa shape index (κ3) is 5.87. The van der Waals surface area contributed by atoms with Gasteiger partial charge < -0.3 is 4.74 Å². The molecule has 0 heterocycles. The highest BCUT2D eigenvalue weighted by Gasteiger charge is 2.40. The van der Waals surface area contributed by atoms with E-state index in [1.165, 1.54) is 12.8 Å². The van der Waals surface area contributed by atoms with Crippen molar-refractivity contribution in [1.82, 2.24) is 0 Å². The fourth-order valence-electron chi connectivity index (χ4n) is 4.50. The minimum absolute atomic E-state index is 0.0148. The molecule has 0 N–H and O–H groups in total. The normalized spacial score (nSPS) is 13.4. The van der Waals surface area contributed by atoms with Crippen LogP contribution in [-0.2, 0) is 10.3 Å². The third-order valence-electron chi connectivity index (χ3n) is 5.84. The van der Waals surface area contributed by atoms with Crippen molar-refractivity contribution in [2.45, 2.75) is 51.7 Å². The monoisotopic (exact) mass is 524 g/mol. The molecule has 1 unspecified atom stereocenters. The first kappa shape index (κ1) is 23.7. The number of hydrogen-bond acceptors (Lipinski definition) is 1. The van der Waals surface area contributed by atoms with Crippen molar-refractivity contribution in [3.8, 4) is 0 Å². The topological polar surface area (TPSA) is 9.23 Å². The Morgan fingerprint density at radius 2 is 1.19 bits per heavy atom. The van der Waals surface area contributed by atoms with Crippen molar-refractivity contribution in [3.05, 3.63) is 118 Å². The highest BCUT2D eigenvalue weighted by molar-refractivity contribution is 14.1. The van der Waals surface area contributed by atoms with Crippen LogP contribution >= 0.6 is 22.6 Å². The van der Waals surface area contributed by atoms with E-state index in [1.54, 1.807) is 0 Å². The first-order chi connectivity index (χ1) is 15.0. The molecule has 0 fully saturated rings. The molecule has 0 aromatic heterocycles. The van der Waals surface area contributed by atoms with Crippen LogP contribution in [0.1, 0.15) is 56.7 Å². The molecule has 3 aromatic carbocycles. The molecule has 0 aliphatic rings. The van der Waals surface area contributed by atoms with Crippen LogP contribution in [0.4, 0.5) is 0 Å². The maximum absolute atomic E-state index is 7.23. The summed E-state index contributed by atoms with van der Waals surface area (Å²) in [5.74, 6) is 0. The zero-order valence-electron chi connectivity index (χ0n) is 18.8. The number of hydrogen-bond donors (Lipinski definition) is 0. The minimum Gasteiger partial charge on any atom is -0.353 e. The van der Waals surface area contributed by atoms with Crippen LogP contribution < -0.4 is 0 Å². The Balaban J connectivity index is 2.19. The van der Waals surface area contributed by atoms with E-state index in [2.05, 4.69) is 145 Å². The summed E-state index contributed by atoms with van der Waals surface area (Å²) in [4.78, 5) is 0. The fourth-order valence-corrected chi connectivity index (χ4v) is 4.97. The zero-order chi connectivity index (χ0) is 22.2.